The smallest absolute Gasteiger partial charge is 0.238 e. The van der Waals surface area contributed by atoms with E-state index in [4.69, 9.17) is 4.74 Å². The third-order valence-electron chi connectivity index (χ3n) is 3.09. The van der Waals surface area contributed by atoms with Gasteiger partial charge in [-0.05, 0) is 17.7 Å². The Kier molecular flexibility index (Phi) is 4.81. The minimum absolute atomic E-state index is 0.196. The first-order valence-corrected chi connectivity index (χ1v) is 8.16. The molecule has 8 heteroatoms. The van der Waals surface area contributed by atoms with Crippen molar-refractivity contribution in [3.8, 4) is 5.75 Å². The molecule has 0 bridgehead atoms. The van der Waals surface area contributed by atoms with E-state index in [0.29, 0.717) is 6.54 Å². The number of aromatic amines is 1. The Bertz CT molecular complexity index is 724. The summed E-state index contributed by atoms with van der Waals surface area (Å²) < 4.78 is 29.0. The van der Waals surface area contributed by atoms with Gasteiger partial charge in [0.1, 0.15) is 11.5 Å². The molecule has 0 aliphatic carbocycles. The number of H-pyrrole nitrogens is 1. The Morgan fingerprint density at radius 3 is 2.55 bits per heavy atom. The van der Waals surface area contributed by atoms with Crippen molar-refractivity contribution in [3.63, 3.8) is 0 Å². The quantitative estimate of drug-likeness (QED) is 0.851. The van der Waals surface area contributed by atoms with E-state index in [0.717, 1.165) is 11.3 Å². The lowest BCUT2D eigenvalue weighted by molar-refractivity contribution is -0.127. The monoisotopic (exact) mass is 323 g/mol. The van der Waals surface area contributed by atoms with Gasteiger partial charge in [0.2, 0.25) is 20.9 Å². The number of benzene rings is 1. The number of rotatable bonds is 6. The largest absolute Gasteiger partial charge is 0.497 e. The minimum atomic E-state index is -3.74. The van der Waals surface area contributed by atoms with Crippen LogP contribution in [0.4, 0.5) is 0 Å². The van der Waals surface area contributed by atoms with E-state index < -0.39 is 21.5 Å². The van der Waals surface area contributed by atoms with Crippen LogP contribution in [-0.4, -0.2) is 49.1 Å². The zero-order valence-electron chi connectivity index (χ0n) is 12.3. The normalized spacial score (nSPS) is 11.2. The van der Waals surface area contributed by atoms with Gasteiger partial charge in [-0.3, -0.25) is 4.79 Å². The number of hydrogen-bond acceptors (Lipinski definition) is 5. The van der Waals surface area contributed by atoms with Crippen molar-refractivity contribution in [2.45, 2.75) is 11.7 Å². The van der Waals surface area contributed by atoms with Crippen molar-refractivity contribution in [3.05, 3.63) is 42.2 Å². The van der Waals surface area contributed by atoms with E-state index in [-0.39, 0.29) is 5.16 Å². The van der Waals surface area contributed by atoms with Gasteiger partial charge in [0.05, 0.1) is 7.11 Å². The molecule has 1 N–H and O–H groups in total. The maximum absolute atomic E-state index is 12.1. The molecule has 0 fully saturated rings. The molecule has 118 valence electrons. The zero-order chi connectivity index (χ0) is 16.2. The number of nitrogens with one attached hydrogen (secondary N) is 1. The highest BCUT2D eigenvalue weighted by molar-refractivity contribution is 7.91. The number of imidazole rings is 1. The SMILES string of the molecule is COc1ccc(CN(C)C(=O)CS(=O)(=O)c2ncc[nH]2)cc1. The summed E-state index contributed by atoms with van der Waals surface area (Å²) in [4.78, 5) is 19.6. The van der Waals surface area contributed by atoms with Crippen molar-refractivity contribution in [1.82, 2.24) is 14.9 Å². The Morgan fingerprint density at radius 1 is 1.32 bits per heavy atom. The molecule has 0 saturated carbocycles. The summed E-state index contributed by atoms with van der Waals surface area (Å²) in [6.07, 6.45) is 2.73. The topological polar surface area (TPSA) is 92.4 Å². The first-order valence-electron chi connectivity index (χ1n) is 6.51. The van der Waals surface area contributed by atoms with E-state index in [1.165, 1.54) is 17.3 Å². The lowest BCUT2D eigenvalue weighted by Gasteiger charge is -2.17. The fourth-order valence-electron chi connectivity index (χ4n) is 1.85. The molecule has 0 spiro atoms. The highest BCUT2D eigenvalue weighted by Gasteiger charge is 2.23. The van der Waals surface area contributed by atoms with Crippen LogP contribution in [0.15, 0.2) is 41.8 Å². The highest BCUT2D eigenvalue weighted by Crippen LogP contribution is 2.13. The molecule has 2 aromatic rings. The zero-order valence-corrected chi connectivity index (χ0v) is 13.1. The van der Waals surface area contributed by atoms with Gasteiger partial charge >= 0.3 is 0 Å². The van der Waals surface area contributed by atoms with Crippen LogP contribution in [0.1, 0.15) is 5.56 Å². The molecule has 22 heavy (non-hydrogen) atoms. The number of carbonyl (C=O) groups excluding carboxylic acids is 1. The van der Waals surface area contributed by atoms with Crippen molar-refractivity contribution >= 4 is 15.7 Å². The van der Waals surface area contributed by atoms with Crippen LogP contribution in [0.5, 0.6) is 5.75 Å². The Hall–Kier alpha value is -2.35. The van der Waals surface area contributed by atoms with Gasteiger partial charge in [0.15, 0.2) is 0 Å². The summed E-state index contributed by atoms with van der Waals surface area (Å²) in [6.45, 7) is 0.316. The Labute approximate surface area is 128 Å². The molecule has 0 atom stereocenters. The maximum Gasteiger partial charge on any atom is 0.238 e. The summed E-state index contributed by atoms with van der Waals surface area (Å²) in [5.41, 5.74) is 0.882. The average molecular weight is 323 g/mol. The second kappa shape index (κ2) is 6.61. The van der Waals surface area contributed by atoms with Crippen LogP contribution in [-0.2, 0) is 21.2 Å². The third-order valence-corrected chi connectivity index (χ3v) is 4.53. The van der Waals surface area contributed by atoms with Gasteiger partial charge in [-0.15, -0.1) is 0 Å². The predicted molar refractivity (Wildman–Crippen MR) is 80.1 cm³/mol. The lowest BCUT2D eigenvalue weighted by Crippen LogP contribution is -2.32. The first kappa shape index (κ1) is 16.0. The second-order valence-corrected chi connectivity index (χ2v) is 6.66. The molecule has 1 amide bonds. The molecule has 0 aliphatic heterocycles. The maximum atomic E-state index is 12.1. The first-order chi connectivity index (χ1) is 10.4. The lowest BCUT2D eigenvalue weighted by atomic mass is 10.2. The number of nitrogens with zero attached hydrogens (tertiary/aromatic N) is 2. The standard InChI is InChI=1S/C14H17N3O4S/c1-17(9-11-3-5-12(21-2)6-4-11)13(18)10-22(19,20)14-15-7-8-16-14/h3-8H,9-10H2,1-2H3,(H,15,16). The van der Waals surface area contributed by atoms with Crippen LogP contribution in [0.25, 0.3) is 0 Å². The molecule has 1 aromatic heterocycles. The number of hydrogen-bond donors (Lipinski definition) is 1. The van der Waals surface area contributed by atoms with Crippen LogP contribution in [0.2, 0.25) is 0 Å². The van der Waals surface area contributed by atoms with Crippen LogP contribution >= 0.6 is 0 Å². The average Bonchev–Trinajstić information content (AvgIpc) is 3.02. The van der Waals surface area contributed by atoms with Crippen molar-refractivity contribution in [2.75, 3.05) is 19.9 Å². The number of carbonyl (C=O) groups is 1. The molecule has 1 aromatic carbocycles. The van der Waals surface area contributed by atoms with Crippen LogP contribution in [0.3, 0.4) is 0 Å². The van der Waals surface area contributed by atoms with Crippen molar-refractivity contribution in [1.29, 1.82) is 0 Å². The number of sulfone groups is 1. The van der Waals surface area contributed by atoms with Crippen molar-refractivity contribution < 1.29 is 17.9 Å². The third kappa shape index (κ3) is 3.85. The number of amides is 1. The van der Waals surface area contributed by atoms with Crippen molar-refractivity contribution in [2.24, 2.45) is 0 Å². The minimum Gasteiger partial charge on any atom is -0.497 e. The molecule has 0 radical (unpaired) electrons. The summed E-state index contributed by atoms with van der Waals surface area (Å²) in [7, 11) is -0.609. The highest BCUT2D eigenvalue weighted by atomic mass is 32.2. The van der Waals surface area contributed by atoms with E-state index in [9.17, 15) is 13.2 Å². The van der Waals surface area contributed by atoms with Crippen LogP contribution < -0.4 is 4.74 Å². The summed E-state index contributed by atoms with van der Waals surface area (Å²) in [6, 6.07) is 7.22. The molecule has 1 heterocycles. The molecule has 7 nitrogen and oxygen atoms in total. The summed E-state index contributed by atoms with van der Waals surface area (Å²) in [5.74, 6) is -0.391. The molecule has 0 saturated heterocycles. The van der Waals surface area contributed by atoms with Gasteiger partial charge in [0.25, 0.3) is 0 Å². The molecule has 0 unspecified atom stereocenters. The summed E-state index contributed by atoms with van der Waals surface area (Å²) >= 11 is 0. The van der Waals surface area contributed by atoms with E-state index in [2.05, 4.69) is 9.97 Å². The van der Waals surface area contributed by atoms with Gasteiger partial charge in [0, 0.05) is 26.0 Å². The van der Waals surface area contributed by atoms with Gasteiger partial charge in [-0.25, -0.2) is 13.4 Å². The Morgan fingerprint density at radius 2 is 2.00 bits per heavy atom. The number of aromatic nitrogens is 2. The van der Waals surface area contributed by atoms with Gasteiger partial charge in [-0.1, -0.05) is 12.1 Å². The predicted octanol–water partition coefficient (Wildman–Crippen LogP) is 0.851. The van der Waals surface area contributed by atoms with E-state index in [1.807, 2.05) is 12.1 Å². The second-order valence-electron chi connectivity index (χ2n) is 4.75. The number of ether oxygens (including phenoxy) is 1. The molecular weight excluding hydrogens is 306 g/mol. The molecular formula is C14H17N3O4S. The summed E-state index contributed by atoms with van der Waals surface area (Å²) in [5, 5.41) is -0.196. The Balaban J connectivity index is 2.00. The van der Waals surface area contributed by atoms with E-state index >= 15 is 0 Å². The van der Waals surface area contributed by atoms with Crippen LogP contribution in [0, 0.1) is 0 Å². The van der Waals surface area contributed by atoms with Gasteiger partial charge in [-0.2, -0.15) is 0 Å². The van der Waals surface area contributed by atoms with E-state index in [1.54, 1.807) is 26.3 Å². The van der Waals surface area contributed by atoms with Gasteiger partial charge < -0.3 is 14.6 Å². The molecule has 2 rings (SSSR count). The fraction of sp³-hybridized carbons (Fsp3) is 0.286. The number of methoxy groups -OCH3 is 1. The molecule has 0 aliphatic rings. The fourth-order valence-corrected chi connectivity index (χ4v) is 3.01.